The molecule has 3 aromatic rings. The van der Waals surface area contributed by atoms with E-state index in [9.17, 15) is 24.0 Å². The van der Waals surface area contributed by atoms with Crippen LogP contribution in [0.5, 0.6) is 0 Å². The number of nitrogens with two attached hydrogens (primary N) is 2. The fourth-order valence-electron chi connectivity index (χ4n) is 3.79. The molecule has 40 heavy (non-hydrogen) atoms. The van der Waals surface area contributed by atoms with Gasteiger partial charge in [-0.15, -0.1) is 0 Å². The van der Waals surface area contributed by atoms with Gasteiger partial charge in [0.1, 0.15) is 12.1 Å². The molecule has 0 saturated carbocycles. The van der Waals surface area contributed by atoms with Crippen LogP contribution in [0.2, 0.25) is 0 Å². The second-order valence-electron chi connectivity index (χ2n) is 9.94. The third kappa shape index (κ3) is 8.91. The average molecular weight is 551 g/mol. The van der Waals surface area contributed by atoms with E-state index in [0.717, 1.165) is 16.3 Å². The number of nitrogens with one attached hydrogen (secondary N) is 5. The van der Waals surface area contributed by atoms with E-state index < -0.39 is 53.7 Å². The monoisotopic (exact) mass is 550 g/mol. The highest BCUT2D eigenvalue weighted by Crippen LogP contribution is 2.17. The first-order valence-electron chi connectivity index (χ1n) is 12.6. The summed E-state index contributed by atoms with van der Waals surface area (Å²) in [5, 5.41) is 12.1. The first-order valence-corrected chi connectivity index (χ1v) is 12.6. The number of nitrogens with zero attached hydrogens (tertiary/aromatic N) is 1. The normalized spacial score (nSPS) is 12.7. The molecule has 0 spiro atoms. The van der Waals surface area contributed by atoms with E-state index in [2.05, 4.69) is 31.2 Å². The molecule has 3 rings (SSSR count). The van der Waals surface area contributed by atoms with Crippen molar-refractivity contribution in [1.29, 1.82) is 0 Å². The van der Waals surface area contributed by atoms with Gasteiger partial charge in [-0.1, -0.05) is 42.5 Å². The number of aromatic amines is 1. The first-order chi connectivity index (χ1) is 18.9. The molecule has 2 unspecified atom stereocenters. The van der Waals surface area contributed by atoms with Crippen LogP contribution in [0, 0.1) is 0 Å². The molecule has 13 heteroatoms. The number of H-pyrrole nitrogens is 1. The summed E-state index contributed by atoms with van der Waals surface area (Å²) in [5.74, 6) is -3.19. The van der Waals surface area contributed by atoms with Gasteiger partial charge in [0.2, 0.25) is 29.5 Å². The third-order valence-corrected chi connectivity index (χ3v) is 5.96. The Balaban J connectivity index is 1.81. The Morgan fingerprint density at radius 3 is 2.25 bits per heavy atom. The lowest BCUT2D eigenvalue weighted by molar-refractivity contribution is -0.133. The number of fused-ring (bicyclic) bond motifs is 1. The van der Waals surface area contributed by atoms with Crippen molar-refractivity contribution < 1.29 is 24.0 Å². The molecule has 13 nitrogen and oxygen atoms in total. The van der Waals surface area contributed by atoms with E-state index in [4.69, 9.17) is 11.5 Å². The molecule has 2 atom stereocenters. The van der Waals surface area contributed by atoms with Gasteiger partial charge in [0, 0.05) is 24.7 Å². The maximum Gasteiger partial charge on any atom is 0.243 e. The summed E-state index contributed by atoms with van der Waals surface area (Å²) in [7, 11) is 0. The highest BCUT2D eigenvalue weighted by Gasteiger charge is 2.31. The lowest BCUT2D eigenvalue weighted by atomic mass is 10.00. The van der Waals surface area contributed by atoms with Crippen LogP contribution in [0.3, 0.4) is 0 Å². The molecule has 5 amide bonds. The van der Waals surface area contributed by atoms with Crippen molar-refractivity contribution in [3.63, 3.8) is 0 Å². The summed E-state index contributed by atoms with van der Waals surface area (Å²) in [6.45, 7) is 2.20. The number of amides is 5. The van der Waals surface area contributed by atoms with Gasteiger partial charge in [0.25, 0.3) is 0 Å². The van der Waals surface area contributed by atoms with Gasteiger partial charge >= 0.3 is 0 Å². The second-order valence-corrected chi connectivity index (χ2v) is 9.94. The number of aromatic nitrogens is 2. The zero-order valence-corrected chi connectivity index (χ0v) is 22.3. The Morgan fingerprint density at radius 1 is 0.900 bits per heavy atom. The second kappa shape index (κ2) is 13.3. The molecular weight excluding hydrogens is 516 g/mol. The summed E-state index contributed by atoms with van der Waals surface area (Å²) >= 11 is 0. The van der Waals surface area contributed by atoms with Crippen molar-refractivity contribution >= 4 is 40.3 Å². The molecular formula is C27H34N8O5. The Morgan fingerprint density at radius 2 is 1.60 bits per heavy atom. The Labute approximate surface area is 230 Å². The van der Waals surface area contributed by atoms with Crippen LogP contribution in [0.15, 0.2) is 55.0 Å². The molecule has 0 saturated heterocycles. The van der Waals surface area contributed by atoms with Crippen molar-refractivity contribution in [3.8, 4) is 0 Å². The van der Waals surface area contributed by atoms with Gasteiger partial charge in [-0.05, 0) is 30.2 Å². The number of hydrogen-bond acceptors (Lipinski definition) is 7. The van der Waals surface area contributed by atoms with Crippen molar-refractivity contribution in [3.05, 3.63) is 66.2 Å². The zero-order valence-electron chi connectivity index (χ0n) is 22.3. The summed E-state index contributed by atoms with van der Waals surface area (Å²) < 4.78 is 0. The molecule has 1 heterocycles. The first kappa shape index (κ1) is 29.8. The van der Waals surface area contributed by atoms with E-state index in [1.165, 1.54) is 26.4 Å². The van der Waals surface area contributed by atoms with Crippen LogP contribution in [0.4, 0.5) is 0 Å². The minimum atomic E-state index is -1.26. The SMILES string of the molecule is CC(C)(N)C(=O)NC(Cc1cnc[nH]1)C(=O)NC(Cc1ccc2ccccc2c1)C(=O)NCC(=O)NCC(N)=O. The molecule has 9 N–H and O–H groups in total. The van der Waals surface area contributed by atoms with Crippen LogP contribution in [0.1, 0.15) is 25.1 Å². The van der Waals surface area contributed by atoms with E-state index in [-0.39, 0.29) is 19.4 Å². The molecule has 0 radical (unpaired) electrons. The number of rotatable bonds is 13. The summed E-state index contributed by atoms with van der Waals surface area (Å²) in [6, 6.07) is 11.2. The molecule has 1 aromatic heterocycles. The minimum absolute atomic E-state index is 0.0630. The number of imidazole rings is 1. The van der Waals surface area contributed by atoms with E-state index in [1.54, 1.807) is 0 Å². The maximum absolute atomic E-state index is 13.5. The molecule has 0 aliphatic heterocycles. The van der Waals surface area contributed by atoms with Gasteiger partial charge in [-0.25, -0.2) is 4.98 Å². The highest BCUT2D eigenvalue weighted by molar-refractivity contribution is 5.95. The lowest BCUT2D eigenvalue weighted by Gasteiger charge is -2.26. The van der Waals surface area contributed by atoms with E-state index in [1.807, 2.05) is 42.5 Å². The van der Waals surface area contributed by atoms with Crippen molar-refractivity contribution in [2.24, 2.45) is 11.5 Å². The predicted octanol–water partition coefficient (Wildman–Crippen LogP) is -1.23. The minimum Gasteiger partial charge on any atom is -0.368 e. The molecule has 0 bridgehead atoms. The number of carbonyl (C=O) groups is 5. The summed E-state index contributed by atoms with van der Waals surface area (Å²) in [5.41, 5.74) is 11.0. The smallest absolute Gasteiger partial charge is 0.243 e. The topological polar surface area (TPSA) is 214 Å². The Hall–Kier alpha value is -4.78. The maximum atomic E-state index is 13.5. The number of carbonyl (C=O) groups excluding carboxylic acids is 5. The molecule has 2 aromatic carbocycles. The van der Waals surface area contributed by atoms with E-state index >= 15 is 0 Å². The highest BCUT2D eigenvalue weighted by atomic mass is 16.2. The predicted molar refractivity (Wildman–Crippen MR) is 147 cm³/mol. The lowest BCUT2D eigenvalue weighted by Crippen LogP contribution is -2.59. The van der Waals surface area contributed by atoms with Gasteiger partial charge in [0.15, 0.2) is 0 Å². The molecule has 0 aliphatic carbocycles. The molecule has 0 aliphatic rings. The Bertz CT molecular complexity index is 1370. The van der Waals surface area contributed by atoms with Crippen molar-refractivity contribution in [2.75, 3.05) is 13.1 Å². The molecule has 0 fully saturated rings. The van der Waals surface area contributed by atoms with Crippen molar-refractivity contribution in [1.82, 2.24) is 31.2 Å². The number of benzene rings is 2. The standard InChI is InChI=1S/C27H34N8O5/c1-27(2,29)26(40)35-21(11-19-12-30-15-33-19)25(39)34-20(24(38)32-14-23(37)31-13-22(28)36)10-16-7-8-17-5-3-4-6-18(17)9-16/h3-9,12,15,20-21H,10-11,13-14,29H2,1-2H3,(H2,28,36)(H,30,33)(H,31,37)(H,32,38)(H,34,39)(H,35,40). The summed E-state index contributed by atoms with van der Waals surface area (Å²) in [6.07, 6.45) is 3.12. The summed E-state index contributed by atoms with van der Waals surface area (Å²) in [4.78, 5) is 69.0. The van der Waals surface area contributed by atoms with Gasteiger partial charge < -0.3 is 37.7 Å². The van der Waals surface area contributed by atoms with Gasteiger partial charge in [-0.3, -0.25) is 24.0 Å². The van der Waals surface area contributed by atoms with Gasteiger partial charge in [-0.2, -0.15) is 0 Å². The van der Waals surface area contributed by atoms with E-state index in [0.29, 0.717) is 5.69 Å². The average Bonchev–Trinajstić information content (AvgIpc) is 3.42. The quantitative estimate of drug-likeness (QED) is 0.137. The van der Waals surface area contributed by atoms with Crippen LogP contribution in [-0.4, -0.2) is 70.2 Å². The van der Waals surface area contributed by atoms with Crippen LogP contribution < -0.4 is 32.7 Å². The zero-order chi connectivity index (χ0) is 29.3. The molecule has 212 valence electrons. The fourth-order valence-corrected chi connectivity index (χ4v) is 3.79. The largest absolute Gasteiger partial charge is 0.368 e. The van der Waals surface area contributed by atoms with Gasteiger partial charge in [0.05, 0.1) is 25.0 Å². The van der Waals surface area contributed by atoms with Crippen molar-refractivity contribution in [2.45, 2.75) is 44.3 Å². The Kier molecular flexibility index (Phi) is 9.92. The van der Waals surface area contributed by atoms with Crippen LogP contribution in [-0.2, 0) is 36.8 Å². The van der Waals surface area contributed by atoms with Crippen LogP contribution >= 0.6 is 0 Å². The number of hydrogen-bond donors (Lipinski definition) is 7. The fraction of sp³-hybridized carbons (Fsp3) is 0.333. The number of primary amides is 1. The third-order valence-electron chi connectivity index (χ3n) is 5.96. The van der Waals surface area contributed by atoms with Crippen LogP contribution in [0.25, 0.3) is 10.8 Å².